The van der Waals surface area contributed by atoms with Crippen molar-refractivity contribution in [2.24, 2.45) is 0 Å². The van der Waals surface area contributed by atoms with Crippen LogP contribution < -0.4 is 4.74 Å². The van der Waals surface area contributed by atoms with E-state index in [0.29, 0.717) is 12.4 Å². The number of carbonyl (C=O) groups excluding carboxylic acids is 1. The van der Waals surface area contributed by atoms with Crippen molar-refractivity contribution in [3.63, 3.8) is 0 Å². The van der Waals surface area contributed by atoms with Gasteiger partial charge in [0.15, 0.2) is 5.75 Å². The van der Waals surface area contributed by atoms with Crippen molar-refractivity contribution in [2.45, 2.75) is 6.61 Å². The van der Waals surface area contributed by atoms with Crippen LogP contribution in [-0.2, 0) is 11.3 Å². The highest BCUT2D eigenvalue weighted by Crippen LogP contribution is 2.35. The maximum absolute atomic E-state index is 11.8. The number of halogens is 3. The second kappa shape index (κ2) is 8.39. The molecule has 0 N–H and O–H groups in total. The van der Waals surface area contributed by atoms with E-state index in [9.17, 15) is 4.79 Å². The number of carbonyl (C=O) groups is 1. The second-order valence-corrected chi connectivity index (χ2v) is 6.30. The van der Waals surface area contributed by atoms with Gasteiger partial charge >= 0.3 is 5.97 Å². The first kappa shape index (κ1) is 17.9. The summed E-state index contributed by atoms with van der Waals surface area (Å²) in [5.41, 5.74) is 1.23. The number of esters is 1. The maximum Gasteiger partial charge on any atom is 0.338 e. The fraction of sp³-hybridized carbons (Fsp3) is 0.118. The summed E-state index contributed by atoms with van der Waals surface area (Å²) >= 11 is 15.7. The molecule has 120 valence electrons. The first-order valence-corrected chi connectivity index (χ1v) is 8.20. The fourth-order valence-corrected chi connectivity index (χ4v) is 2.63. The molecule has 0 bridgehead atoms. The summed E-state index contributed by atoms with van der Waals surface area (Å²) in [6, 6.07) is 10.6. The minimum absolute atomic E-state index is 0.121. The Balaban J connectivity index is 2.12. The van der Waals surface area contributed by atoms with Gasteiger partial charge in [-0.05, 0) is 29.8 Å². The van der Waals surface area contributed by atoms with E-state index in [1.165, 1.54) is 18.2 Å². The number of benzene rings is 2. The van der Waals surface area contributed by atoms with Crippen molar-refractivity contribution in [3.05, 3.63) is 74.7 Å². The Bertz CT molecular complexity index is 691. The molecule has 0 aromatic heterocycles. The van der Waals surface area contributed by atoms with E-state index in [4.69, 9.17) is 32.7 Å². The quantitative estimate of drug-likeness (QED) is 0.449. The molecule has 6 heteroatoms. The van der Waals surface area contributed by atoms with Gasteiger partial charge in [-0.1, -0.05) is 63.9 Å². The largest absolute Gasteiger partial charge is 0.486 e. The zero-order chi connectivity index (χ0) is 16.8. The average Bonchev–Trinajstić information content (AvgIpc) is 2.53. The third-order valence-corrected chi connectivity index (χ3v) is 3.95. The zero-order valence-electron chi connectivity index (χ0n) is 12.0. The highest BCUT2D eigenvalue weighted by molar-refractivity contribution is 9.10. The molecule has 0 saturated carbocycles. The van der Waals surface area contributed by atoms with Crippen LogP contribution in [0.25, 0.3) is 0 Å². The molecule has 2 aromatic carbocycles. The molecule has 0 atom stereocenters. The van der Waals surface area contributed by atoms with Crippen LogP contribution in [0.3, 0.4) is 0 Å². The molecule has 2 aromatic rings. The van der Waals surface area contributed by atoms with Gasteiger partial charge < -0.3 is 9.47 Å². The van der Waals surface area contributed by atoms with Crippen molar-refractivity contribution in [2.75, 3.05) is 6.61 Å². The second-order valence-electron chi connectivity index (χ2n) is 4.57. The van der Waals surface area contributed by atoms with Crippen molar-refractivity contribution >= 4 is 45.1 Å². The lowest BCUT2D eigenvalue weighted by Crippen LogP contribution is -2.06. The molecule has 0 radical (unpaired) electrons. The summed E-state index contributed by atoms with van der Waals surface area (Å²) in [4.78, 5) is 11.8. The van der Waals surface area contributed by atoms with Gasteiger partial charge in [-0.2, -0.15) is 0 Å². The average molecular weight is 416 g/mol. The monoisotopic (exact) mass is 414 g/mol. The summed E-state index contributed by atoms with van der Waals surface area (Å²) in [7, 11) is 0. The van der Waals surface area contributed by atoms with E-state index < -0.39 is 5.97 Å². The van der Waals surface area contributed by atoms with Crippen molar-refractivity contribution < 1.29 is 14.3 Å². The van der Waals surface area contributed by atoms with Crippen LogP contribution in [0.15, 0.2) is 53.5 Å². The number of hydrogen-bond donors (Lipinski definition) is 0. The Labute approximate surface area is 152 Å². The maximum atomic E-state index is 11.8. The molecule has 2 rings (SSSR count). The Morgan fingerprint density at radius 1 is 1.17 bits per heavy atom. The Kier molecular flexibility index (Phi) is 6.51. The van der Waals surface area contributed by atoms with Crippen LogP contribution in [0, 0.1) is 0 Å². The SMILES string of the molecule is C=CCOC(=O)c1cc(Cl)c(OCc2ccc(Br)cc2)c(Cl)c1. The van der Waals surface area contributed by atoms with Crippen molar-refractivity contribution in [1.29, 1.82) is 0 Å². The van der Waals surface area contributed by atoms with E-state index in [2.05, 4.69) is 22.5 Å². The molecule has 0 aliphatic carbocycles. The van der Waals surface area contributed by atoms with Crippen LogP contribution in [-0.4, -0.2) is 12.6 Å². The van der Waals surface area contributed by atoms with Gasteiger partial charge in [0.1, 0.15) is 13.2 Å². The van der Waals surface area contributed by atoms with Gasteiger partial charge in [-0.25, -0.2) is 4.79 Å². The topological polar surface area (TPSA) is 35.5 Å². The highest BCUT2D eigenvalue weighted by Gasteiger charge is 2.15. The summed E-state index contributed by atoms with van der Waals surface area (Å²) < 4.78 is 11.6. The third kappa shape index (κ3) is 4.99. The molecule has 0 fully saturated rings. The predicted molar refractivity (Wildman–Crippen MR) is 95.4 cm³/mol. The van der Waals surface area contributed by atoms with E-state index in [-0.39, 0.29) is 22.2 Å². The molecule has 0 unspecified atom stereocenters. The van der Waals surface area contributed by atoms with Gasteiger partial charge in [0.25, 0.3) is 0 Å². The molecule has 0 spiro atoms. The zero-order valence-corrected chi connectivity index (χ0v) is 15.1. The molecule has 23 heavy (non-hydrogen) atoms. The molecule has 0 aliphatic rings. The van der Waals surface area contributed by atoms with Gasteiger partial charge in [0.05, 0.1) is 15.6 Å². The first-order valence-electron chi connectivity index (χ1n) is 6.65. The van der Waals surface area contributed by atoms with E-state index in [1.54, 1.807) is 0 Å². The van der Waals surface area contributed by atoms with Crippen LogP contribution in [0.4, 0.5) is 0 Å². The fourth-order valence-electron chi connectivity index (χ4n) is 1.77. The smallest absolute Gasteiger partial charge is 0.338 e. The van der Waals surface area contributed by atoms with Gasteiger partial charge in [0.2, 0.25) is 0 Å². The first-order chi connectivity index (χ1) is 11.0. The predicted octanol–water partition coefficient (Wildman–Crippen LogP) is 5.68. The molecule has 0 heterocycles. The van der Waals surface area contributed by atoms with Gasteiger partial charge in [0, 0.05) is 4.47 Å². The summed E-state index contributed by atoms with van der Waals surface area (Å²) in [5.74, 6) is -0.190. The standard InChI is InChI=1S/C17H13BrCl2O3/c1-2-7-22-17(21)12-8-14(19)16(15(20)9-12)23-10-11-3-5-13(18)6-4-11/h2-6,8-9H,1,7,10H2. The number of ether oxygens (including phenoxy) is 2. The third-order valence-electron chi connectivity index (χ3n) is 2.86. The Morgan fingerprint density at radius 3 is 2.35 bits per heavy atom. The molecule has 0 saturated heterocycles. The number of hydrogen-bond acceptors (Lipinski definition) is 3. The van der Waals surface area contributed by atoms with Crippen LogP contribution in [0.1, 0.15) is 15.9 Å². The van der Waals surface area contributed by atoms with Crippen LogP contribution >= 0.6 is 39.1 Å². The normalized spacial score (nSPS) is 10.2. The highest BCUT2D eigenvalue weighted by atomic mass is 79.9. The van der Waals surface area contributed by atoms with Crippen molar-refractivity contribution in [3.8, 4) is 5.75 Å². The minimum Gasteiger partial charge on any atom is -0.486 e. The van der Waals surface area contributed by atoms with E-state index in [0.717, 1.165) is 10.0 Å². The van der Waals surface area contributed by atoms with Gasteiger partial charge in [-0.15, -0.1) is 0 Å². The molecule has 0 aliphatic heterocycles. The molecule has 0 amide bonds. The molecule has 3 nitrogen and oxygen atoms in total. The van der Waals surface area contributed by atoms with Gasteiger partial charge in [-0.3, -0.25) is 0 Å². The molecular formula is C17H13BrCl2O3. The summed E-state index contributed by atoms with van der Waals surface area (Å²) in [6.07, 6.45) is 1.48. The Hall–Kier alpha value is -1.49. The Morgan fingerprint density at radius 2 is 1.78 bits per heavy atom. The lowest BCUT2D eigenvalue weighted by atomic mass is 10.2. The molecular weight excluding hydrogens is 403 g/mol. The summed E-state index contributed by atoms with van der Waals surface area (Å²) in [5, 5.41) is 0.500. The number of rotatable bonds is 6. The lowest BCUT2D eigenvalue weighted by Gasteiger charge is -2.12. The van der Waals surface area contributed by atoms with Crippen LogP contribution in [0.5, 0.6) is 5.75 Å². The van der Waals surface area contributed by atoms with E-state index in [1.807, 2.05) is 24.3 Å². The van der Waals surface area contributed by atoms with E-state index >= 15 is 0 Å². The lowest BCUT2D eigenvalue weighted by molar-refractivity contribution is 0.0549. The van der Waals surface area contributed by atoms with Crippen molar-refractivity contribution in [1.82, 2.24) is 0 Å². The van der Waals surface area contributed by atoms with Crippen LogP contribution in [0.2, 0.25) is 10.0 Å². The minimum atomic E-state index is -0.520. The summed E-state index contributed by atoms with van der Waals surface area (Å²) in [6.45, 7) is 3.92.